The Morgan fingerprint density at radius 2 is 1.58 bits per heavy atom. The topological polar surface area (TPSA) is 38.8 Å². The van der Waals surface area contributed by atoms with Crippen molar-refractivity contribution in [2.24, 2.45) is 5.92 Å². The lowest BCUT2D eigenvalue weighted by atomic mass is 9.73. The number of benzene rings is 2. The molecule has 0 N–H and O–H groups in total. The Morgan fingerprint density at radius 3 is 2.33 bits per heavy atom. The van der Waals surface area contributed by atoms with Crippen LogP contribution in [0.4, 0.5) is 0 Å². The maximum absolute atomic E-state index is 14.0. The van der Waals surface area contributed by atoms with Crippen LogP contribution in [0.1, 0.15) is 86.2 Å². The van der Waals surface area contributed by atoms with Crippen LogP contribution in [0.15, 0.2) is 48.0 Å². The van der Waals surface area contributed by atoms with Crippen molar-refractivity contribution in [3.8, 4) is 11.5 Å². The molecule has 2 aromatic rings. The number of hydrogen-bond donors (Lipinski definition) is 0. The van der Waals surface area contributed by atoms with Gasteiger partial charge in [-0.3, -0.25) is 9.69 Å². The zero-order valence-electron chi connectivity index (χ0n) is 21.9. The van der Waals surface area contributed by atoms with E-state index in [1.807, 2.05) is 37.3 Å². The zero-order valence-corrected chi connectivity index (χ0v) is 21.9. The van der Waals surface area contributed by atoms with Gasteiger partial charge in [-0.25, -0.2) is 0 Å². The molecule has 0 bridgehead atoms. The lowest BCUT2D eigenvalue weighted by Gasteiger charge is -2.31. The van der Waals surface area contributed by atoms with Crippen LogP contribution in [-0.2, 0) is 6.42 Å². The number of carbonyl (C=O) groups excluding carboxylic acids is 1. The van der Waals surface area contributed by atoms with Crippen molar-refractivity contribution in [3.63, 3.8) is 0 Å². The van der Waals surface area contributed by atoms with E-state index in [1.54, 1.807) is 0 Å². The van der Waals surface area contributed by atoms with Gasteiger partial charge in [-0.15, -0.1) is 0 Å². The smallest absolute Gasteiger partial charge is 0.193 e. The molecule has 4 heteroatoms. The van der Waals surface area contributed by atoms with Crippen molar-refractivity contribution in [1.29, 1.82) is 0 Å². The van der Waals surface area contributed by atoms with Crippen LogP contribution < -0.4 is 9.47 Å². The molecule has 2 aromatic carbocycles. The predicted molar refractivity (Wildman–Crippen MR) is 146 cm³/mol. The van der Waals surface area contributed by atoms with Gasteiger partial charge in [-0.1, -0.05) is 37.3 Å². The predicted octanol–water partition coefficient (Wildman–Crippen LogP) is 7.11. The number of aryl methyl sites for hydroxylation is 1. The molecule has 1 saturated heterocycles. The molecule has 3 aliphatic rings. The van der Waals surface area contributed by atoms with Gasteiger partial charge in [0, 0.05) is 17.7 Å². The molecule has 36 heavy (non-hydrogen) atoms. The maximum Gasteiger partial charge on any atom is 0.193 e. The SMILES string of the molecule is CCOc1ccc2c(c1)CCC(C1CCCCC1)=C2C(=O)c1ccc(OCCN2CCCCC2)cc1. The summed E-state index contributed by atoms with van der Waals surface area (Å²) < 4.78 is 11.8. The summed E-state index contributed by atoms with van der Waals surface area (Å²) in [6.07, 6.45) is 12.2. The monoisotopic (exact) mass is 487 g/mol. The van der Waals surface area contributed by atoms with E-state index in [-0.39, 0.29) is 5.78 Å². The van der Waals surface area contributed by atoms with E-state index in [9.17, 15) is 4.79 Å². The second kappa shape index (κ2) is 12.1. The number of ether oxygens (including phenoxy) is 2. The minimum absolute atomic E-state index is 0.153. The molecule has 0 unspecified atom stereocenters. The summed E-state index contributed by atoms with van der Waals surface area (Å²) in [6, 6.07) is 14.1. The number of rotatable bonds is 9. The van der Waals surface area contributed by atoms with E-state index >= 15 is 0 Å². The largest absolute Gasteiger partial charge is 0.494 e. The first-order valence-corrected chi connectivity index (χ1v) is 14.2. The van der Waals surface area contributed by atoms with Gasteiger partial charge in [0.05, 0.1) is 6.61 Å². The summed E-state index contributed by atoms with van der Waals surface area (Å²) in [6.45, 7) is 6.70. The molecule has 2 fully saturated rings. The molecule has 5 rings (SSSR count). The van der Waals surface area contributed by atoms with Gasteiger partial charge < -0.3 is 9.47 Å². The Morgan fingerprint density at radius 1 is 0.861 bits per heavy atom. The fraction of sp³-hybridized carbons (Fsp3) is 0.531. The number of nitrogens with zero attached hydrogens (tertiary/aromatic N) is 1. The van der Waals surface area contributed by atoms with E-state index < -0.39 is 0 Å². The lowest BCUT2D eigenvalue weighted by molar-refractivity contribution is 0.105. The van der Waals surface area contributed by atoms with Gasteiger partial charge in [0.2, 0.25) is 0 Å². The standard InChI is InChI=1S/C32H41NO3/c1-2-35-28-16-18-30-26(23-28)13-17-29(24-9-5-3-6-10-24)31(30)32(34)25-11-14-27(15-12-25)36-22-21-33-19-7-4-8-20-33/h11-12,14-16,18,23-24H,2-10,13,17,19-22H2,1H3. The van der Waals surface area contributed by atoms with Gasteiger partial charge in [0.25, 0.3) is 0 Å². The highest BCUT2D eigenvalue weighted by molar-refractivity contribution is 6.30. The summed E-state index contributed by atoms with van der Waals surface area (Å²) in [5.41, 5.74) is 5.44. The van der Waals surface area contributed by atoms with Gasteiger partial charge in [0.1, 0.15) is 18.1 Å². The highest BCUT2D eigenvalue weighted by Crippen LogP contribution is 2.42. The maximum atomic E-state index is 14.0. The zero-order chi connectivity index (χ0) is 24.7. The van der Waals surface area contributed by atoms with Gasteiger partial charge >= 0.3 is 0 Å². The number of fused-ring (bicyclic) bond motifs is 1. The first-order valence-electron chi connectivity index (χ1n) is 14.2. The van der Waals surface area contributed by atoms with E-state index in [0.29, 0.717) is 19.1 Å². The second-order valence-corrected chi connectivity index (χ2v) is 10.6. The number of piperidine rings is 1. The molecule has 2 aliphatic carbocycles. The van der Waals surface area contributed by atoms with E-state index in [2.05, 4.69) is 17.0 Å². The van der Waals surface area contributed by atoms with Gasteiger partial charge in [-0.05, 0) is 112 Å². The molecule has 0 aromatic heterocycles. The Hall–Kier alpha value is -2.59. The molecule has 1 heterocycles. The summed E-state index contributed by atoms with van der Waals surface area (Å²) in [4.78, 5) is 16.5. The first kappa shape index (κ1) is 25.1. The Kier molecular flexibility index (Phi) is 8.43. The number of allylic oxidation sites excluding steroid dienone is 2. The van der Waals surface area contributed by atoms with Crippen molar-refractivity contribution in [3.05, 3.63) is 64.7 Å². The molecule has 1 aliphatic heterocycles. The van der Waals surface area contributed by atoms with Crippen LogP contribution in [0.25, 0.3) is 5.57 Å². The van der Waals surface area contributed by atoms with Crippen molar-refractivity contribution in [1.82, 2.24) is 4.90 Å². The average Bonchev–Trinajstić information content (AvgIpc) is 2.93. The number of likely N-dealkylation sites (tertiary alicyclic amines) is 1. The number of ketones is 1. The molecule has 0 radical (unpaired) electrons. The van der Waals surface area contributed by atoms with Crippen molar-refractivity contribution >= 4 is 11.4 Å². The van der Waals surface area contributed by atoms with Crippen LogP contribution in [0, 0.1) is 5.92 Å². The van der Waals surface area contributed by atoms with Crippen LogP contribution in [0.3, 0.4) is 0 Å². The second-order valence-electron chi connectivity index (χ2n) is 10.6. The fourth-order valence-electron chi connectivity index (χ4n) is 6.29. The first-order chi connectivity index (χ1) is 17.7. The third-order valence-corrected chi connectivity index (χ3v) is 8.21. The van der Waals surface area contributed by atoms with Gasteiger partial charge in [0.15, 0.2) is 5.78 Å². The average molecular weight is 488 g/mol. The van der Waals surface area contributed by atoms with Crippen LogP contribution >= 0.6 is 0 Å². The van der Waals surface area contributed by atoms with Crippen molar-refractivity contribution in [2.45, 2.75) is 71.1 Å². The molecule has 192 valence electrons. The Bertz CT molecular complexity index is 1060. The van der Waals surface area contributed by atoms with E-state index in [4.69, 9.17) is 9.47 Å². The summed E-state index contributed by atoms with van der Waals surface area (Å²) in [5, 5.41) is 0. The number of carbonyl (C=O) groups is 1. The van der Waals surface area contributed by atoms with Crippen LogP contribution in [0.2, 0.25) is 0 Å². The number of hydrogen-bond acceptors (Lipinski definition) is 4. The van der Waals surface area contributed by atoms with E-state index in [0.717, 1.165) is 47.6 Å². The molecule has 1 saturated carbocycles. The summed E-state index contributed by atoms with van der Waals surface area (Å²) in [7, 11) is 0. The third kappa shape index (κ3) is 5.86. The Balaban J connectivity index is 1.35. The highest BCUT2D eigenvalue weighted by atomic mass is 16.5. The molecule has 0 spiro atoms. The van der Waals surface area contributed by atoms with Crippen LogP contribution in [0.5, 0.6) is 11.5 Å². The Labute approximate surface area is 216 Å². The van der Waals surface area contributed by atoms with Crippen LogP contribution in [-0.4, -0.2) is 43.5 Å². The molecular weight excluding hydrogens is 446 g/mol. The van der Waals surface area contributed by atoms with Gasteiger partial charge in [-0.2, -0.15) is 0 Å². The summed E-state index contributed by atoms with van der Waals surface area (Å²) >= 11 is 0. The lowest BCUT2D eigenvalue weighted by Crippen LogP contribution is -2.33. The van der Waals surface area contributed by atoms with Crippen molar-refractivity contribution in [2.75, 3.05) is 32.8 Å². The molecular formula is C32H41NO3. The highest BCUT2D eigenvalue weighted by Gasteiger charge is 2.30. The molecule has 4 nitrogen and oxygen atoms in total. The summed E-state index contributed by atoms with van der Waals surface area (Å²) in [5.74, 6) is 2.43. The minimum atomic E-state index is 0.153. The minimum Gasteiger partial charge on any atom is -0.494 e. The third-order valence-electron chi connectivity index (χ3n) is 8.21. The number of Topliss-reactive ketones (excluding diaryl/α,β-unsaturated/α-hetero) is 1. The normalized spacial score (nSPS) is 19.1. The molecule has 0 amide bonds. The van der Waals surface area contributed by atoms with E-state index in [1.165, 1.54) is 75.6 Å². The fourth-order valence-corrected chi connectivity index (χ4v) is 6.29. The molecule has 0 atom stereocenters. The van der Waals surface area contributed by atoms with Crippen molar-refractivity contribution < 1.29 is 14.3 Å². The quantitative estimate of drug-likeness (QED) is 0.353.